The number of carbonyl (C=O) groups is 1. The molecule has 19 heavy (non-hydrogen) atoms. The fraction of sp³-hybridized carbons (Fsp3) is 0.471. The molecule has 0 unspecified atom stereocenters. The van der Waals surface area contributed by atoms with Crippen molar-refractivity contribution in [3.8, 4) is 0 Å². The van der Waals surface area contributed by atoms with Crippen LogP contribution in [0, 0.1) is 11.3 Å². The third-order valence-corrected chi connectivity index (χ3v) is 5.23. The van der Waals surface area contributed by atoms with Crippen molar-refractivity contribution in [2.24, 2.45) is 11.3 Å². The Morgan fingerprint density at radius 1 is 1.26 bits per heavy atom. The summed E-state index contributed by atoms with van der Waals surface area (Å²) in [7, 11) is 0. The van der Waals surface area contributed by atoms with Gasteiger partial charge in [-0.2, -0.15) is 0 Å². The Labute approximate surface area is 113 Å². The van der Waals surface area contributed by atoms with Crippen LogP contribution in [-0.2, 0) is 0 Å². The third kappa shape index (κ3) is 1.35. The maximum Gasteiger partial charge on any atom is 0.183 e. The first-order chi connectivity index (χ1) is 9.09. The summed E-state index contributed by atoms with van der Waals surface area (Å²) < 4.78 is 0. The number of nitrogens with one attached hydrogen (secondary N) is 1. The first-order valence-corrected chi connectivity index (χ1v) is 7.24. The Morgan fingerprint density at radius 3 is 2.89 bits per heavy atom. The third-order valence-electron chi connectivity index (χ3n) is 5.23. The van der Waals surface area contributed by atoms with Gasteiger partial charge in [0, 0.05) is 16.8 Å². The minimum absolute atomic E-state index is 0.140. The van der Waals surface area contributed by atoms with Crippen molar-refractivity contribution in [3.05, 3.63) is 35.5 Å². The lowest BCUT2D eigenvalue weighted by molar-refractivity contribution is 0.0684. The van der Waals surface area contributed by atoms with E-state index in [0.717, 1.165) is 17.6 Å². The van der Waals surface area contributed by atoms with Gasteiger partial charge in [0.15, 0.2) is 5.78 Å². The van der Waals surface area contributed by atoms with Crippen LogP contribution in [0.2, 0.25) is 0 Å². The quantitative estimate of drug-likeness (QED) is 0.747. The average Bonchev–Trinajstić information content (AvgIpc) is 2.87. The summed E-state index contributed by atoms with van der Waals surface area (Å²) in [6.07, 6.45) is 3.57. The minimum Gasteiger partial charge on any atom is -0.352 e. The van der Waals surface area contributed by atoms with E-state index in [1.165, 1.54) is 23.8 Å². The van der Waals surface area contributed by atoms with Crippen LogP contribution in [0.5, 0.6) is 0 Å². The Hall–Kier alpha value is -1.57. The lowest BCUT2D eigenvalue weighted by atomic mass is 9.63. The Morgan fingerprint density at radius 2 is 2.05 bits per heavy atom. The predicted molar refractivity (Wildman–Crippen MR) is 76.5 cm³/mol. The summed E-state index contributed by atoms with van der Waals surface area (Å²) in [6, 6.07) is 8.33. The highest BCUT2D eigenvalue weighted by atomic mass is 16.1. The lowest BCUT2D eigenvalue weighted by Gasteiger charge is -2.39. The molecule has 98 valence electrons. The number of aromatic nitrogens is 1. The maximum atomic E-state index is 12.8. The minimum atomic E-state index is 0.140. The number of Topliss-reactive ketones (excluding diaryl/α,β-unsaturated/α-hetero) is 1. The van der Waals surface area contributed by atoms with Crippen molar-refractivity contribution in [1.29, 1.82) is 0 Å². The van der Waals surface area contributed by atoms with E-state index < -0.39 is 0 Å². The van der Waals surface area contributed by atoms with Gasteiger partial charge < -0.3 is 4.98 Å². The van der Waals surface area contributed by atoms with E-state index in [1.54, 1.807) is 0 Å². The Bertz CT molecular complexity index is 680. The number of fused-ring (bicyclic) bond motifs is 5. The van der Waals surface area contributed by atoms with Crippen molar-refractivity contribution in [1.82, 2.24) is 4.98 Å². The SMILES string of the molecule is CC1(C)CCC[C@H]2c3c([nH]c4ccccc34)C(=O)[C@H]21. The maximum absolute atomic E-state index is 12.8. The first-order valence-electron chi connectivity index (χ1n) is 7.24. The van der Waals surface area contributed by atoms with Gasteiger partial charge in [-0.15, -0.1) is 0 Å². The molecule has 2 aromatic rings. The zero-order valence-corrected chi connectivity index (χ0v) is 11.5. The van der Waals surface area contributed by atoms with Gasteiger partial charge in [-0.1, -0.05) is 38.5 Å². The van der Waals surface area contributed by atoms with E-state index in [9.17, 15) is 4.79 Å². The van der Waals surface area contributed by atoms with Crippen LogP contribution >= 0.6 is 0 Å². The van der Waals surface area contributed by atoms with E-state index in [2.05, 4.69) is 37.0 Å². The molecule has 1 saturated carbocycles. The number of benzene rings is 1. The summed E-state index contributed by atoms with van der Waals surface area (Å²) in [5, 5.41) is 1.26. The van der Waals surface area contributed by atoms with E-state index in [4.69, 9.17) is 0 Å². The Balaban J connectivity index is 1.97. The fourth-order valence-electron chi connectivity index (χ4n) is 4.39. The van der Waals surface area contributed by atoms with Crippen LogP contribution in [0.1, 0.15) is 55.1 Å². The number of H-pyrrole nitrogens is 1. The fourth-order valence-corrected chi connectivity index (χ4v) is 4.39. The molecule has 0 bridgehead atoms. The Kier molecular flexibility index (Phi) is 2.08. The molecule has 0 amide bonds. The number of ketones is 1. The second-order valence-electron chi connectivity index (χ2n) is 6.79. The van der Waals surface area contributed by atoms with Crippen LogP contribution < -0.4 is 0 Å². The standard InChI is InChI=1S/C17H19NO/c1-17(2)9-5-7-11-13-10-6-3-4-8-12(10)18-15(13)16(19)14(11)17/h3-4,6,8,11,14,18H,5,7,9H2,1-2H3/t11-,14-/m0/s1. The zero-order valence-electron chi connectivity index (χ0n) is 11.5. The lowest BCUT2D eigenvalue weighted by Crippen LogP contribution is -2.35. The molecular formula is C17H19NO. The van der Waals surface area contributed by atoms with Crippen molar-refractivity contribution in [2.75, 3.05) is 0 Å². The van der Waals surface area contributed by atoms with E-state index >= 15 is 0 Å². The summed E-state index contributed by atoms with van der Waals surface area (Å²) in [4.78, 5) is 16.2. The van der Waals surface area contributed by atoms with E-state index in [-0.39, 0.29) is 11.3 Å². The van der Waals surface area contributed by atoms with E-state index in [0.29, 0.717) is 11.7 Å². The molecule has 0 saturated heterocycles. The van der Waals surface area contributed by atoms with Gasteiger partial charge in [-0.25, -0.2) is 0 Å². The van der Waals surface area contributed by atoms with Crippen molar-refractivity contribution < 1.29 is 4.79 Å². The highest BCUT2D eigenvalue weighted by molar-refractivity contribution is 6.08. The van der Waals surface area contributed by atoms with Gasteiger partial charge in [0.25, 0.3) is 0 Å². The molecule has 0 aliphatic heterocycles. The van der Waals surface area contributed by atoms with Gasteiger partial charge in [0.2, 0.25) is 0 Å². The van der Waals surface area contributed by atoms with Gasteiger partial charge in [0.05, 0.1) is 5.69 Å². The van der Waals surface area contributed by atoms with Crippen molar-refractivity contribution in [3.63, 3.8) is 0 Å². The summed E-state index contributed by atoms with van der Waals surface area (Å²) in [5.41, 5.74) is 3.45. The number of rotatable bonds is 0. The summed E-state index contributed by atoms with van der Waals surface area (Å²) >= 11 is 0. The zero-order chi connectivity index (χ0) is 13.2. The molecule has 2 heteroatoms. The molecule has 0 radical (unpaired) electrons. The highest BCUT2D eigenvalue weighted by Gasteiger charge is 2.51. The smallest absolute Gasteiger partial charge is 0.183 e. The molecule has 2 nitrogen and oxygen atoms in total. The van der Waals surface area contributed by atoms with Crippen LogP contribution in [0.25, 0.3) is 10.9 Å². The van der Waals surface area contributed by atoms with Gasteiger partial charge in [-0.3, -0.25) is 4.79 Å². The predicted octanol–water partition coefficient (Wildman–Crippen LogP) is 4.27. The monoisotopic (exact) mass is 253 g/mol. The van der Waals surface area contributed by atoms with Crippen LogP contribution in [0.4, 0.5) is 0 Å². The second-order valence-corrected chi connectivity index (χ2v) is 6.79. The molecule has 2 atom stereocenters. The molecule has 2 aliphatic rings. The molecule has 4 rings (SSSR count). The molecule has 1 aromatic carbocycles. The summed E-state index contributed by atoms with van der Waals surface area (Å²) in [5.74, 6) is 0.968. The van der Waals surface area contributed by atoms with E-state index in [1.807, 2.05) is 6.07 Å². The summed E-state index contributed by atoms with van der Waals surface area (Å²) in [6.45, 7) is 4.52. The van der Waals surface area contributed by atoms with Crippen LogP contribution in [-0.4, -0.2) is 10.8 Å². The van der Waals surface area contributed by atoms with Gasteiger partial charge >= 0.3 is 0 Å². The van der Waals surface area contributed by atoms with Crippen molar-refractivity contribution >= 4 is 16.7 Å². The average molecular weight is 253 g/mol. The number of carbonyl (C=O) groups excluding carboxylic acids is 1. The normalized spacial score (nSPS) is 28.4. The van der Waals surface area contributed by atoms with Gasteiger partial charge in [0.1, 0.15) is 0 Å². The first kappa shape index (κ1) is 11.3. The number of hydrogen-bond acceptors (Lipinski definition) is 1. The van der Waals surface area contributed by atoms with Crippen LogP contribution in [0.15, 0.2) is 24.3 Å². The molecule has 1 heterocycles. The topological polar surface area (TPSA) is 32.9 Å². The molecule has 1 fully saturated rings. The highest BCUT2D eigenvalue weighted by Crippen LogP contribution is 2.55. The number of hydrogen-bond donors (Lipinski definition) is 1. The molecular weight excluding hydrogens is 234 g/mol. The van der Waals surface area contributed by atoms with Crippen molar-refractivity contribution in [2.45, 2.75) is 39.0 Å². The number of aromatic amines is 1. The van der Waals surface area contributed by atoms with Crippen LogP contribution in [0.3, 0.4) is 0 Å². The molecule has 1 N–H and O–H groups in total. The largest absolute Gasteiger partial charge is 0.352 e. The molecule has 2 aliphatic carbocycles. The molecule has 1 aromatic heterocycles. The second kappa shape index (κ2) is 3.50. The van der Waals surface area contributed by atoms with Gasteiger partial charge in [-0.05, 0) is 35.8 Å². The number of para-hydroxylation sites is 1. The molecule has 0 spiro atoms.